The van der Waals surface area contributed by atoms with E-state index in [9.17, 15) is 4.79 Å². The highest BCUT2D eigenvalue weighted by Crippen LogP contribution is 2.24. The zero-order valence-corrected chi connectivity index (χ0v) is 10.7. The second kappa shape index (κ2) is 5.47. The largest absolute Gasteiger partial charge is 0.478 e. The van der Waals surface area contributed by atoms with Gasteiger partial charge in [0, 0.05) is 24.0 Å². The maximum Gasteiger partial charge on any atom is 0.328 e. The lowest BCUT2D eigenvalue weighted by Crippen LogP contribution is -2.19. The second-order valence-corrected chi connectivity index (χ2v) is 5.60. The molecule has 4 heteroatoms. The monoisotopic (exact) mass is 251 g/mol. The molecule has 0 aliphatic carbocycles. The molecule has 1 aromatic rings. The molecule has 0 radical (unpaired) electrons. The molecule has 0 saturated carbocycles. The van der Waals surface area contributed by atoms with Crippen molar-refractivity contribution in [2.75, 3.05) is 13.1 Å². The molecule has 17 heavy (non-hydrogen) atoms. The minimum Gasteiger partial charge on any atom is -0.478 e. The van der Waals surface area contributed by atoms with E-state index in [1.165, 1.54) is 17.4 Å². The topological polar surface area (TPSA) is 40.5 Å². The standard InChI is InChI=1S/C13H17NO2S/c1-10-4-6-14(8-10)9-12-11(5-7-17-12)2-3-13(15)16/h2-3,5,7,10H,4,6,8-9H2,1H3,(H,15,16). The molecule has 1 atom stereocenters. The Morgan fingerprint density at radius 2 is 2.53 bits per heavy atom. The van der Waals surface area contributed by atoms with Gasteiger partial charge < -0.3 is 5.11 Å². The molecule has 1 aliphatic heterocycles. The predicted octanol–water partition coefficient (Wildman–Crippen LogP) is 2.69. The van der Waals surface area contributed by atoms with Crippen molar-refractivity contribution in [2.45, 2.75) is 19.9 Å². The van der Waals surface area contributed by atoms with Gasteiger partial charge in [0.05, 0.1) is 0 Å². The highest BCUT2D eigenvalue weighted by atomic mass is 32.1. The minimum absolute atomic E-state index is 0.785. The Bertz CT molecular complexity index is 425. The SMILES string of the molecule is CC1CCN(Cc2sccc2C=CC(=O)O)C1. The highest BCUT2D eigenvalue weighted by Gasteiger charge is 2.19. The van der Waals surface area contributed by atoms with Crippen molar-refractivity contribution >= 4 is 23.4 Å². The molecule has 0 spiro atoms. The number of hydrogen-bond donors (Lipinski definition) is 1. The summed E-state index contributed by atoms with van der Waals surface area (Å²) < 4.78 is 0. The summed E-state index contributed by atoms with van der Waals surface area (Å²) in [5.74, 6) is -0.107. The Morgan fingerprint density at radius 3 is 3.18 bits per heavy atom. The second-order valence-electron chi connectivity index (χ2n) is 4.60. The van der Waals surface area contributed by atoms with Crippen molar-refractivity contribution in [3.8, 4) is 0 Å². The van der Waals surface area contributed by atoms with Gasteiger partial charge in [-0.15, -0.1) is 11.3 Å². The van der Waals surface area contributed by atoms with E-state index in [2.05, 4.69) is 11.8 Å². The van der Waals surface area contributed by atoms with Crippen molar-refractivity contribution in [3.63, 3.8) is 0 Å². The first-order valence-corrected chi connectivity index (χ1v) is 6.73. The molecule has 0 amide bonds. The first kappa shape index (κ1) is 12.3. The molecule has 1 aliphatic rings. The fraction of sp³-hybridized carbons (Fsp3) is 0.462. The van der Waals surface area contributed by atoms with Crippen molar-refractivity contribution in [1.82, 2.24) is 4.90 Å². The predicted molar refractivity (Wildman–Crippen MR) is 70.0 cm³/mol. The number of nitrogens with zero attached hydrogens (tertiary/aromatic N) is 1. The Morgan fingerprint density at radius 1 is 1.71 bits per heavy atom. The molecule has 0 bridgehead atoms. The smallest absolute Gasteiger partial charge is 0.328 e. The number of likely N-dealkylation sites (tertiary alicyclic amines) is 1. The summed E-state index contributed by atoms with van der Waals surface area (Å²) >= 11 is 1.70. The Balaban J connectivity index is 2.01. The van der Waals surface area contributed by atoms with Crippen molar-refractivity contribution in [1.29, 1.82) is 0 Å². The van der Waals surface area contributed by atoms with Gasteiger partial charge in [-0.05, 0) is 42.0 Å². The maximum absolute atomic E-state index is 10.5. The lowest BCUT2D eigenvalue weighted by atomic mass is 10.2. The van der Waals surface area contributed by atoms with Crippen LogP contribution in [0.3, 0.4) is 0 Å². The summed E-state index contributed by atoms with van der Waals surface area (Å²) in [7, 11) is 0. The van der Waals surface area contributed by atoms with E-state index in [-0.39, 0.29) is 0 Å². The number of hydrogen-bond acceptors (Lipinski definition) is 3. The van der Waals surface area contributed by atoms with E-state index in [0.29, 0.717) is 0 Å². The lowest BCUT2D eigenvalue weighted by Gasteiger charge is -2.14. The number of thiophene rings is 1. The molecule has 3 nitrogen and oxygen atoms in total. The van der Waals surface area contributed by atoms with Crippen LogP contribution in [-0.4, -0.2) is 29.1 Å². The van der Waals surface area contributed by atoms with Gasteiger partial charge in [-0.1, -0.05) is 6.92 Å². The number of carboxylic acid groups (broad SMARTS) is 1. The van der Waals surface area contributed by atoms with Gasteiger partial charge in [-0.2, -0.15) is 0 Å². The molecule has 1 N–H and O–H groups in total. The average molecular weight is 251 g/mol. The zero-order chi connectivity index (χ0) is 12.3. The van der Waals surface area contributed by atoms with Crippen LogP contribution in [0.25, 0.3) is 6.08 Å². The fourth-order valence-corrected chi connectivity index (χ4v) is 3.07. The van der Waals surface area contributed by atoms with Crippen LogP contribution in [0.15, 0.2) is 17.5 Å². The van der Waals surface area contributed by atoms with E-state index in [1.807, 2.05) is 11.4 Å². The number of carboxylic acids is 1. The normalized spacial score (nSPS) is 21.4. The van der Waals surface area contributed by atoms with Crippen LogP contribution in [0.4, 0.5) is 0 Å². The molecule has 1 saturated heterocycles. The van der Waals surface area contributed by atoms with Gasteiger partial charge in [-0.3, -0.25) is 4.90 Å². The van der Waals surface area contributed by atoms with Crippen molar-refractivity contribution in [2.24, 2.45) is 5.92 Å². The number of aliphatic carboxylic acids is 1. The van der Waals surface area contributed by atoms with Crippen LogP contribution < -0.4 is 0 Å². The van der Waals surface area contributed by atoms with Gasteiger partial charge in [-0.25, -0.2) is 4.79 Å². The fourth-order valence-electron chi connectivity index (χ4n) is 2.16. The third kappa shape index (κ3) is 3.41. The van der Waals surface area contributed by atoms with Crippen LogP contribution in [0, 0.1) is 5.92 Å². The van der Waals surface area contributed by atoms with E-state index in [0.717, 1.165) is 31.1 Å². The Kier molecular flexibility index (Phi) is 3.97. The molecule has 0 aromatic carbocycles. The highest BCUT2D eigenvalue weighted by molar-refractivity contribution is 7.10. The van der Waals surface area contributed by atoms with Gasteiger partial charge in [0.2, 0.25) is 0 Å². The lowest BCUT2D eigenvalue weighted by molar-refractivity contribution is -0.131. The van der Waals surface area contributed by atoms with Gasteiger partial charge in [0.15, 0.2) is 0 Å². The van der Waals surface area contributed by atoms with Crippen LogP contribution in [0.5, 0.6) is 0 Å². The molecular weight excluding hydrogens is 234 g/mol. The molecule has 1 unspecified atom stereocenters. The molecular formula is C13H17NO2S. The van der Waals surface area contributed by atoms with Crippen LogP contribution in [0.1, 0.15) is 23.8 Å². The molecule has 2 heterocycles. The summed E-state index contributed by atoms with van der Waals surface area (Å²) in [4.78, 5) is 14.2. The van der Waals surface area contributed by atoms with Crippen molar-refractivity contribution in [3.05, 3.63) is 28.0 Å². The van der Waals surface area contributed by atoms with E-state index in [4.69, 9.17) is 5.11 Å². The van der Waals surface area contributed by atoms with E-state index < -0.39 is 5.97 Å². The first-order valence-electron chi connectivity index (χ1n) is 5.85. The average Bonchev–Trinajstić information content (AvgIpc) is 2.86. The summed E-state index contributed by atoms with van der Waals surface area (Å²) in [5, 5.41) is 10.7. The quantitative estimate of drug-likeness (QED) is 0.836. The zero-order valence-electron chi connectivity index (χ0n) is 9.93. The van der Waals surface area contributed by atoms with Gasteiger partial charge in [0.25, 0.3) is 0 Å². The third-order valence-corrected chi connectivity index (χ3v) is 3.98. The first-order chi connectivity index (χ1) is 8.15. The van der Waals surface area contributed by atoms with Crippen LogP contribution in [-0.2, 0) is 11.3 Å². The van der Waals surface area contributed by atoms with Crippen LogP contribution >= 0.6 is 11.3 Å². The summed E-state index contributed by atoms with van der Waals surface area (Å²) in [6.07, 6.45) is 4.16. The van der Waals surface area contributed by atoms with Gasteiger partial charge in [0.1, 0.15) is 0 Å². The molecule has 1 aromatic heterocycles. The van der Waals surface area contributed by atoms with Gasteiger partial charge >= 0.3 is 5.97 Å². The third-order valence-electron chi connectivity index (χ3n) is 3.06. The Labute approximate surface area is 105 Å². The van der Waals surface area contributed by atoms with Crippen molar-refractivity contribution < 1.29 is 9.90 Å². The molecule has 1 fully saturated rings. The number of rotatable bonds is 4. The maximum atomic E-state index is 10.5. The van der Waals surface area contributed by atoms with E-state index in [1.54, 1.807) is 17.4 Å². The van der Waals surface area contributed by atoms with E-state index >= 15 is 0 Å². The molecule has 2 rings (SSSR count). The summed E-state index contributed by atoms with van der Waals surface area (Å²) in [5.41, 5.74) is 1.04. The Hall–Kier alpha value is -1.13. The number of carbonyl (C=O) groups is 1. The summed E-state index contributed by atoms with van der Waals surface area (Å²) in [6.45, 7) is 5.53. The molecule has 92 valence electrons. The minimum atomic E-state index is -0.892. The summed E-state index contributed by atoms with van der Waals surface area (Å²) in [6, 6.07) is 1.99. The van der Waals surface area contributed by atoms with Crippen LogP contribution in [0.2, 0.25) is 0 Å².